The van der Waals surface area contributed by atoms with Crippen LogP contribution in [-0.4, -0.2) is 41.4 Å². The van der Waals surface area contributed by atoms with Gasteiger partial charge in [-0.15, -0.1) is 0 Å². The van der Waals surface area contributed by atoms with E-state index in [1.807, 2.05) is 0 Å². The molecule has 1 saturated carbocycles. The van der Waals surface area contributed by atoms with E-state index in [0.717, 1.165) is 6.42 Å². The van der Waals surface area contributed by atoms with Crippen LogP contribution in [0.1, 0.15) is 33.1 Å². The third-order valence-electron chi connectivity index (χ3n) is 4.63. The average Bonchev–Trinajstić information content (AvgIpc) is 2.58. The number of amides is 1. The number of hydrogen-bond acceptors (Lipinski definition) is 1. The second-order valence-electron chi connectivity index (χ2n) is 6.71. The first-order valence-electron chi connectivity index (χ1n) is 6.87. The lowest BCUT2D eigenvalue weighted by molar-refractivity contribution is -0.824. The summed E-state index contributed by atoms with van der Waals surface area (Å²) < 4.78 is 74.9. The number of carbonyl (C=O) groups is 1. The zero-order valence-corrected chi connectivity index (χ0v) is 11.8. The van der Waals surface area contributed by atoms with Gasteiger partial charge in [-0.05, 0) is 18.3 Å². The number of rotatable bonds is 2. The molecule has 2 aliphatic rings. The van der Waals surface area contributed by atoms with Crippen LogP contribution in [0.5, 0.6) is 0 Å². The smallest absolute Gasteiger partial charge is 0.224 e. The van der Waals surface area contributed by atoms with E-state index in [2.05, 4.69) is 0 Å². The quantitative estimate of drug-likeness (QED) is 0.431. The minimum Gasteiger partial charge on any atom is -0.224 e. The normalized spacial score (nSPS) is 36.1. The highest BCUT2D eigenvalue weighted by Gasteiger charge is 2.84. The maximum atomic E-state index is 12.7. The molecule has 1 amide bonds. The Morgan fingerprint density at radius 1 is 1.00 bits per heavy atom. The predicted molar refractivity (Wildman–Crippen MR) is 62.0 cm³/mol. The van der Waals surface area contributed by atoms with Crippen molar-refractivity contribution in [2.24, 2.45) is 11.8 Å². The van der Waals surface area contributed by atoms with Crippen molar-refractivity contribution in [3.63, 3.8) is 0 Å². The number of hydrogen-bond donors (Lipinski definition) is 0. The first kappa shape index (κ1) is 16.6. The monoisotopic (exact) mass is 318 g/mol. The summed E-state index contributed by atoms with van der Waals surface area (Å²) in [5, 5.41) is 0. The molecule has 2 rings (SSSR count). The van der Waals surface area contributed by atoms with Crippen LogP contribution in [0.25, 0.3) is 0 Å². The minimum atomic E-state index is -4.80. The Balaban J connectivity index is 2.36. The lowest BCUT2D eigenvalue weighted by Crippen LogP contribution is -2.50. The van der Waals surface area contributed by atoms with E-state index in [9.17, 15) is 31.1 Å². The highest BCUT2D eigenvalue weighted by atomic mass is 19.4. The second-order valence-corrected chi connectivity index (χ2v) is 6.71. The van der Waals surface area contributed by atoms with Crippen LogP contribution in [0.2, 0.25) is 0 Å². The summed E-state index contributed by atoms with van der Waals surface area (Å²) in [5.41, 5.74) is -1.48. The number of nitrogens with zero attached hydrogens (tertiary/aromatic N) is 1. The Kier molecular flexibility index (Phi) is 3.63. The molecule has 0 aromatic rings. The van der Waals surface area contributed by atoms with Crippen LogP contribution >= 0.6 is 0 Å². The van der Waals surface area contributed by atoms with E-state index in [-0.39, 0.29) is 24.7 Å². The average molecular weight is 318 g/mol. The van der Waals surface area contributed by atoms with Gasteiger partial charge in [-0.2, -0.15) is 26.3 Å². The molecule has 2 unspecified atom stereocenters. The Bertz CT molecular complexity index is 415. The molecule has 1 aliphatic carbocycles. The van der Waals surface area contributed by atoms with Crippen molar-refractivity contribution >= 4 is 5.91 Å². The third kappa shape index (κ3) is 2.91. The molecule has 122 valence electrons. The Morgan fingerprint density at radius 2 is 1.38 bits per heavy atom. The van der Waals surface area contributed by atoms with Crippen molar-refractivity contribution < 1.29 is 35.6 Å². The molecule has 0 aromatic carbocycles. The first-order valence-corrected chi connectivity index (χ1v) is 6.87. The van der Waals surface area contributed by atoms with Crippen molar-refractivity contribution in [1.82, 2.24) is 0 Å². The zero-order valence-electron chi connectivity index (χ0n) is 11.8. The summed E-state index contributed by atoms with van der Waals surface area (Å²) in [6.45, 7) is 0.118. The van der Waals surface area contributed by atoms with E-state index in [1.54, 1.807) is 13.8 Å². The van der Waals surface area contributed by atoms with Gasteiger partial charge in [0.15, 0.2) is 13.1 Å². The Morgan fingerprint density at radius 3 is 1.71 bits per heavy atom. The largest absolute Gasteiger partial charge is 0.438 e. The summed E-state index contributed by atoms with van der Waals surface area (Å²) in [6, 6.07) is 0. The molecular weight excluding hydrogens is 300 g/mol. The molecule has 1 heterocycles. The lowest BCUT2D eigenvalue weighted by atomic mass is 9.75. The van der Waals surface area contributed by atoms with Gasteiger partial charge in [-0.1, -0.05) is 13.8 Å². The van der Waals surface area contributed by atoms with Gasteiger partial charge >= 0.3 is 18.3 Å². The summed E-state index contributed by atoms with van der Waals surface area (Å²) in [4.78, 5) is 12.1. The van der Waals surface area contributed by atoms with E-state index in [4.69, 9.17) is 0 Å². The molecular formula is C13H18F6NO+. The molecule has 1 spiro atoms. The number of alkyl halides is 6. The van der Waals surface area contributed by atoms with Crippen molar-refractivity contribution in [2.45, 2.75) is 51.0 Å². The van der Waals surface area contributed by atoms with Crippen LogP contribution in [0, 0.1) is 11.8 Å². The van der Waals surface area contributed by atoms with Gasteiger partial charge < -0.3 is 0 Å². The third-order valence-corrected chi connectivity index (χ3v) is 4.63. The molecule has 0 radical (unpaired) electrons. The minimum absolute atomic E-state index is 0.0424. The predicted octanol–water partition coefficient (Wildman–Crippen LogP) is 3.66. The summed E-state index contributed by atoms with van der Waals surface area (Å²) in [5.74, 6) is -0.978. The maximum absolute atomic E-state index is 12.7. The van der Waals surface area contributed by atoms with E-state index in [0.29, 0.717) is 0 Å². The molecule has 0 bridgehead atoms. The highest BCUT2D eigenvalue weighted by Crippen LogP contribution is 2.58. The van der Waals surface area contributed by atoms with Crippen LogP contribution in [0.15, 0.2) is 0 Å². The summed E-state index contributed by atoms with van der Waals surface area (Å²) >= 11 is 0. The van der Waals surface area contributed by atoms with Gasteiger partial charge in [0, 0.05) is 12.8 Å². The van der Waals surface area contributed by atoms with Crippen molar-refractivity contribution in [2.75, 3.05) is 13.1 Å². The lowest BCUT2D eigenvalue weighted by Gasteiger charge is -2.32. The molecule has 0 N–H and O–H groups in total. The molecule has 1 saturated heterocycles. The second kappa shape index (κ2) is 4.60. The zero-order chi connectivity index (χ0) is 16.3. The number of quaternary nitrogens is 1. The van der Waals surface area contributed by atoms with Gasteiger partial charge in [-0.3, -0.25) is 0 Å². The van der Waals surface area contributed by atoms with E-state index < -0.39 is 41.4 Å². The van der Waals surface area contributed by atoms with Crippen LogP contribution in [-0.2, 0) is 4.79 Å². The molecule has 21 heavy (non-hydrogen) atoms. The molecule has 2 nitrogen and oxygen atoms in total. The van der Waals surface area contributed by atoms with E-state index in [1.165, 1.54) is 0 Å². The van der Waals surface area contributed by atoms with Gasteiger partial charge in [0.05, 0.1) is 0 Å². The topological polar surface area (TPSA) is 17.1 Å². The maximum Gasteiger partial charge on any atom is 0.438 e. The highest BCUT2D eigenvalue weighted by molar-refractivity contribution is 5.92. The van der Waals surface area contributed by atoms with Crippen LogP contribution < -0.4 is 0 Å². The summed E-state index contributed by atoms with van der Waals surface area (Å²) in [6.07, 6.45) is -8.64. The van der Waals surface area contributed by atoms with Gasteiger partial charge in [-0.25, -0.2) is 9.28 Å². The standard InChI is InChI=1S/C13H18F6NO/c1-8-3-9(2)5-11(4-8)10(21)20(11,6-12(14,15)16)7-13(17,18)19/h8-9H,3-7H2,1-2H3/q+1. The van der Waals surface area contributed by atoms with E-state index >= 15 is 0 Å². The fourth-order valence-corrected chi connectivity index (χ4v) is 4.25. The fourth-order valence-electron chi connectivity index (χ4n) is 4.25. The first-order chi connectivity index (χ1) is 9.31. The number of halogens is 6. The molecule has 1 aliphatic heterocycles. The Labute approximate surface area is 118 Å². The van der Waals surface area contributed by atoms with Gasteiger partial charge in [0.1, 0.15) is 0 Å². The van der Waals surface area contributed by atoms with Gasteiger partial charge in [0.25, 0.3) is 0 Å². The van der Waals surface area contributed by atoms with Crippen molar-refractivity contribution in [1.29, 1.82) is 0 Å². The molecule has 2 fully saturated rings. The molecule has 2 atom stereocenters. The SMILES string of the molecule is CC1CC(C)CC2(C1)C(=O)[N+]2(CC(F)(F)F)CC(F)(F)F. The van der Waals surface area contributed by atoms with Gasteiger partial charge in [0.2, 0.25) is 5.54 Å². The van der Waals surface area contributed by atoms with Crippen LogP contribution in [0.4, 0.5) is 26.3 Å². The Hall–Kier alpha value is -0.790. The molecule has 8 heteroatoms. The summed E-state index contributed by atoms with van der Waals surface area (Å²) in [7, 11) is 0. The fraction of sp³-hybridized carbons (Fsp3) is 0.923. The van der Waals surface area contributed by atoms with Crippen molar-refractivity contribution in [3.05, 3.63) is 0 Å². The molecule has 0 aromatic heterocycles. The van der Waals surface area contributed by atoms with Crippen molar-refractivity contribution in [3.8, 4) is 0 Å². The van der Waals surface area contributed by atoms with Crippen LogP contribution in [0.3, 0.4) is 0 Å². The number of carbonyl (C=O) groups excluding carboxylic acids is 1.